The minimum Gasteiger partial charge on any atom is -0.461 e. The van der Waals surface area contributed by atoms with Gasteiger partial charge in [-0.1, -0.05) is 43.7 Å². The summed E-state index contributed by atoms with van der Waals surface area (Å²) in [5, 5.41) is 0.330. The molecule has 0 amide bonds. The van der Waals surface area contributed by atoms with Crippen molar-refractivity contribution in [1.82, 2.24) is 9.97 Å². The molecule has 7 heteroatoms. The zero-order valence-corrected chi connectivity index (χ0v) is 17.1. The third kappa shape index (κ3) is 4.79. The number of rotatable bonds is 9. The zero-order chi connectivity index (χ0) is 20.9. The fourth-order valence-corrected chi connectivity index (χ4v) is 3.73. The van der Waals surface area contributed by atoms with Crippen LogP contribution in [0.4, 0.5) is 0 Å². The number of nitrogens with zero attached hydrogens (tertiary/aromatic N) is 1. The van der Waals surface area contributed by atoms with E-state index >= 15 is 0 Å². The molecule has 158 valence electrons. The highest BCUT2D eigenvalue weighted by molar-refractivity contribution is 5.75. The summed E-state index contributed by atoms with van der Waals surface area (Å²) in [5.74, 6) is 0.421. The van der Waals surface area contributed by atoms with Crippen molar-refractivity contribution in [3.05, 3.63) is 68.3 Å². The van der Waals surface area contributed by atoms with Gasteiger partial charge < -0.3 is 13.9 Å². The van der Waals surface area contributed by atoms with Crippen molar-refractivity contribution in [2.24, 2.45) is 5.92 Å². The van der Waals surface area contributed by atoms with E-state index in [1.165, 1.54) is 6.07 Å². The van der Waals surface area contributed by atoms with Gasteiger partial charge in [-0.2, -0.15) is 4.98 Å². The van der Waals surface area contributed by atoms with E-state index in [0.29, 0.717) is 36.5 Å². The first-order valence-corrected chi connectivity index (χ1v) is 10.5. The maximum absolute atomic E-state index is 12.6. The maximum Gasteiger partial charge on any atom is 0.337 e. The average Bonchev–Trinajstić information content (AvgIpc) is 2.70. The van der Waals surface area contributed by atoms with Gasteiger partial charge in [-0.05, 0) is 42.7 Å². The van der Waals surface area contributed by atoms with Crippen LogP contribution in [0.5, 0.6) is 6.01 Å². The van der Waals surface area contributed by atoms with Crippen LogP contribution < -0.4 is 15.9 Å². The van der Waals surface area contributed by atoms with Crippen LogP contribution in [0, 0.1) is 5.92 Å². The van der Waals surface area contributed by atoms with Crippen LogP contribution in [-0.2, 0) is 17.8 Å². The molecule has 1 fully saturated rings. The number of ether oxygens (including phenoxy) is 2. The van der Waals surface area contributed by atoms with Crippen molar-refractivity contribution in [2.45, 2.75) is 51.7 Å². The fourth-order valence-electron chi connectivity index (χ4n) is 3.73. The molecule has 1 aromatic carbocycles. The number of fused-ring (bicyclic) bond motifs is 1. The molecular weight excluding hydrogens is 384 g/mol. The summed E-state index contributed by atoms with van der Waals surface area (Å²) >= 11 is 0. The van der Waals surface area contributed by atoms with E-state index in [0.717, 1.165) is 31.2 Å². The maximum atomic E-state index is 12.6. The minimum absolute atomic E-state index is 0.0362. The van der Waals surface area contributed by atoms with Crippen LogP contribution in [0.15, 0.2) is 50.4 Å². The summed E-state index contributed by atoms with van der Waals surface area (Å²) < 4.78 is 16.8. The highest BCUT2D eigenvalue weighted by atomic mass is 16.5. The average molecular weight is 410 g/mol. The van der Waals surface area contributed by atoms with E-state index in [2.05, 4.69) is 16.9 Å². The topological polar surface area (TPSA) is 94.4 Å². The zero-order valence-electron chi connectivity index (χ0n) is 17.1. The summed E-state index contributed by atoms with van der Waals surface area (Å²) in [7, 11) is 0. The van der Waals surface area contributed by atoms with Gasteiger partial charge in [0.1, 0.15) is 11.5 Å². The SMILES string of the molecule is CCCCc1cc(=O)oc2nc(OC3CC(COCc4ccccc4)C3)[nH]c(=O)c12. The van der Waals surface area contributed by atoms with Gasteiger partial charge in [-0.3, -0.25) is 9.78 Å². The van der Waals surface area contributed by atoms with Gasteiger partial charge in [0.2, 0.25) is 5.71 Å². The molecule has 2 aromatic heterocycles. The normalized spacial score (nSPS) is 18.3. The number of H-pyrrole nitrogens is 1. The number of hydrogen-bond acceptors (Lipinski definition) is 6. The molecular formula is C23H26N2O5. The molecule has 0 saturated heterocycles. The molecule has 30 heavy (non-hydrogen) atoms. The quantitative estimate of drug-likeness (QED) is 0.579. The molecule has 1 N–H and O–H groups in total. The van der Waals surface area contributed by atoms with Gasteiger partial charge in [0, 0.05) is 6.07 Å². The molecule has 4 rings (SSSR count). The van der Waals surface area contributed by atoms with Gasteiger partial charge in [0.05, 0.1) is 13.2 Å². The summed E-state index contributed by atoms with van der Waals surface area (Å²) in [4.78, 5) is 31.3. The van der Waals surface area contributed by atoms with Crippen LogP contribution in [0.25, 0.3) is 11.1 Å². The number of aryl methyl sites for hydroxylation is 1. The van der Waals surface area contributed by atoms with Gasteiger partial charge in [-0.15, -0.1) is 0 Å². The Morgan fingerprint density at radius 2 is 2.00 bits per heavy atom. The lowest BCUT2D eigenvalue weighted by Crippen LogP contribution is -2.37. The number of aromatic nitrogens is 2. The molecule has 0 aliphatic heterocycles. The largest absolute Gasteiger partial charge is 0.461 e. The first-order chi connectivity index (χ1) is 14.6. The Morgan fingerprint density at radius 1 is 1.20 bits per heavy atom. The molecule has 1 saturated carbocycles. The minimum atomic E-state index is -0.503. The van der Waals surface area contributed by atoms with Gasteiger partial charge in [-0.25, -0.2) is 4.79 Å². The highest BCUT2D eigenvalue weighted by Gasteiger charge is 2.31. The Morgan fingerprint density at radius 3 is 2.77 bits per heavy atom. The molecule has 0 unspecified atom stereocenters. The highest BCUT2D eigenvalue weighted by Crippen LogP contribution is 2.31. The fraction of sp³-hybridized carbons (Fsp3) is 0.435. The molecule has 1 aliphatic rings. The predicted molar refractivity (Wildman–Crippen MR) is 113 cm³/mol. The molecule has 0 bridgehead atoms. The molecule has 3 aromatic rings. The number of benzene rings is 1. The third-order valence-electron chi connectivity index (χ3n) is 5.41. The number of hydrogen-bond donors (Lipinski definition) is 1. The summed E-state index contributed by atoms with van der Waals surface area (Å²) in [6, 6.07) is 11.5. The Balaban J connectivity index is 1.35. The van der Waals surface area contributed by atoms with Crippen LogP contribution in [0.1, 0.15) is 43.7 Å². The molecule has 0 radical (unpaired) electrons. The number of aromatic amines is 1. The second kappa shape index (κ2) is 9.26. The third-order valence-corrected chi connectivity index (χ3v) is 5.41. The second-order valence-electron chi connectivity index (χ2n) is 7.82. The van der Waals surface area contributed by atoms with E-state index in [-0.39, 0.29) is 23.4 Å². The Kier molecular flexibility index (Phi) is 6.28. The van der Waals surface area contributed by atoms with Crippen molar-refractivity contribution in [3.63, 3.8) is 0 Å². The van der Waals surface area contributed by atoms with Gasteiger partial charge in [0.15, 0.2) is 0 Å². The lowest BCUT2D eigenvalue weighted by Gasteiger charge is -2.34. The Labute approximate surface area is 174 Å². The Hall–Kier alpha value is -2.93. The van der Waals surface area contributed by atoms with Crippen molar-refractivity contribution < 1.29 is 13.9 Å². The van der Waals surface area contributed by atoms with Gasteiger partial charge in [0.25, 0.3) is 11.6 Å². The Bertz CT molecular complexity index is 1100. The van der Waals surface area contributed by atoms with Gasteiger partial charge >= 0.3 is 5.63 Å². The van der Waals surface area contributed by atoms with Crippen molar-refractivity contribution >= 4 is 11.1 Å². The van der Waals surface area contributed by atoms with Crippen LogP contribution in [0.2, 0.25) is 0 Å². The van der Waals surface area contributed by atoms with Crippen molar-refractivity contribution in [3.8, 4) is 6.01 Å². The van der Waals surface area contributed by atoms with E-state index in [1.54, 1.807) is 0 Å². The monoisotopic (exact) mass is 410 g/mol. The van der Waals surface area contributed by atoms with E-state index < -0.39 is 5.63 Å². The second-order valence-corrected chi connectivity index (χ2v) is 7.82. The summed E-state index contributed by atoms with van der Waals surface area (Å²) in [5.41, 5.74) is 1.02. The smallest absolute Gasteiger partial charge is 0.337 e. The van der Waals surface area contributed by atoms with Crippen LogP contribution >= 0.6 is 0 Å². The van der Waals surface area contributed by atoms with E-state index in [9.17, 15) is 9.59 Å². The first kappa shape index (κ1) is 20.3. The van der Waals surface area contributed by atoms with Crippen molar-refractivity contribution in [2.75, 3.05) is 6.61 Å². The number of nitrogens with one attached hydrogen (secondary N) is 1. The summed E-state index contributed by atoms with van der Waals surface area (Å²) in [6.45, 7) is 3.33. The lowest BCUT2D eigenvalue weighted by molar-refractivity contribution is -0.00616. The van der Waals surface area contributed by atoms with Crippen LogP contribution in [-0.4, -0.2) is 22.7 Å². The van der Waals surface area contributed by atoms with Crippen molar-refractivity contribution in [1.29, 1.82) is 0 Å². The summed E-state index contributed by atoms with van der Waals surface area (Å²) in [6.07, 6.45) is 4.11. The molecule has 2 heterocycles. The van der Waals surface area contributed by atoms with E-state index in [1.807, 2.05) is 30.3 Å². The lowest BCUT2D eigenvalue weighted by atomic mass is 9.83. The molecule has 1 aliphatic carbocycles. The first-order valence-electron chi connectivity index (χ1n) is 10.5. The standard InChI is InChI=1S/C23H26N2O5/c1-2-3-9-17-12-19(26)30-22-20(17)21(27)24-23(25-22)29-18-10-16(11-18)14-28-13-15-7-5-4-6-8-15/h4-8,12,16,18H,2-3,9-11,13-14H2,1H3,(H,24,25,27). The van der Waals surface area contributed by atoms with E-state index in [4.69, 9.17) is 13.9 Å². The van der Waals surface area contributed by atoms with Crippen LogP contribution in [0.3, 0.4) is 0 Å². The molecule has 7 nitrogen and oxygen atoms in total. The molecule has 0 atom stereocenters. The predicted octanol–water partition coefficient (Wildman–Crippen LogP) is 3.59. The molecule has 0 spiro atoms. The number of unbranched alkanes of at least 4 members (excludes halogenated alkanes) is 1.